The number of ether oxygens (including phenoxy) is 1. The molecule has 0 aliphatic heterocycles. The zero-order valence-corrected chi connectivity index (χ0v) is 15.2. The van der Waals surface area contributed by atoms with Crippen molar-refractivity contribution in [2.24, 2.45) is 0 Å². The lowest BCUT2D eigenvalue weighted by atomic mass is 10.0. The lowest BCUT2D eigenvalue weighted by molar-refractivity contribution is -0.147. The molecule has 0 spiro atoms. The Morgan fingerprint density at radius 3 is 2.29 bits per heavy atom. The monoisotopic (exact) mass is 356 g/mol. The van der Waals surface area contributed by atoms with Crippen LogP contribution in [0.15, 0.2) is 29.2 Å². The second-order valence-electron chi connectivity index (χ2n) is 6.08. The van der Waals surface area contributed by atoms with Crippen molar-refractivity contribution in [2.45, 2.75) is 44.6 Å². The van der Waals surface area contributed by atoms with Crippen LogP contribution in [-0.2, 0) is 24.3 Å². The van der Waals surface area contributed by atoms with E-state index in [0.717, 1.165) is 12.0 Å². The molecule has 0 fully saturated rings. The first kappa shape index (κ1) is 20.1. The summed E-state index contributed by atoms with van der Waals surface area (Å²) in [5.41, 5.74) is 0.533. The normalized spacial score (nSPS) is 11.8. The smallest absolute Gasteiger partial charge is 0.321 e. The van der Waals surface area contributed by atoms with Crippen molar-refractivity contribution in [1.29, 1.82) is 0 Å². The van der Waals surface area contributed by atoms with Crippen molar-refractivity contribution in [3.05, 3.63) is 29.8 Å². The van der Waals surface area contributed by atoms with Crippen molar-refractivity contribution < 1.29 is 22.7 Å². The van der Waals surface area contributed by atoms with Gasteiger partial charge >= 0.3 is 5.97 Å². The molecule has 134 valence electrons. The van der Waals surface area contributed by atoms with E-state index in [1.807, 2.05) is 27.7 Å². The number of sulfonamides is 1. The van der Waals surface area contributed by atoms with Gasteiger partial charge in [-0.05, 0) is 39.3 Å². The molecule has 0 aromatic heterocycles. The SMILES string of the molecule is CCC(C)(C)NC(=O)COC(=O)CNS(=O)(=O)c1ccc(C)cc1. The number of rotatable bonds is 8. The number of nitrogens with one attached hydrogen (secondary N) is 2. The topological polar surface area (TPSA) is 102 Å². The van der Waals surface area contributed by atoms with Crippen molar-refractivity contribution in [3.8, 4) is 0 Å². The van der Waals surface area contributed by atoms with Gasteiger partial charge in [-0.1, -0.05) is 24.6 Å². The van der Waals surface area contributed by atoms with Gasteiger partial charge in [0.15, 0.2) is 6.61 Å². The highest BCUT2D eigenvalue weighted by molar-refractivity contribution is 7.89. The quantitative estimate of drug-likeness (QED) is 0.680. The molecule has 7 nitrogen and oxygen atoms in total. The van der Waals surface area contributed by atoms with E-state index >= 15 is 0 Å². The fourth-order valence-corrected chi connectivity index (χ4v) is 2.62. The van der Waals surface area contributed by atoms with Crippen molar-refractivity contribution in [3.63, 3.8) is 0 Å². The highest BCUT2D eigenvalue weighted by atomic mass is 32.2. The lowest BCUT2D eigenvalue weighted by Crippen LogP contribution is -2.45. The van der Waals surface area contributed by atoms with Gasteiger partial charge < -0.3 is 10.1 Å². The van der Waals surface area contributed by atoms with Crippen LogP contribution >= 0.6 is 0 Å². The van der Waals surface area contributed by atoms with E-state index in [1.165, 1.54) is 12.1 Å². The number of hydrogen-bond donors (Lipinski definition) is 2. The third kappa shape index (κ3) is 6.67. The summed E-state index contributed by atoms with van der Waals surface area (Å²) in [5.74, 6) is -1.26. The van der Waals surface area contributed by atoms with Gasteiger partial charge in [-0.2, -0.15) is 4.72 Å². The summed E-state index contributed by atoms with van der Waals surface area (Å²) >= 11 is 0. The first-order chi connectivity index (χ1) is 11.1. The lowest BCUT2D eigenvalue weighted by Gasteiger charge is -2.24. The first-order valence-corrected chi connectivity index (χ1v) is 9.07. The van der Waals surface area contributed by atoms with E-state index in [0.29, 0.717) is 0 Å². The number of carbonyl (C=O) groups excluding carboxylic acids is 2. The summed E-state index contributed by atoms with van der Waals surface area (Å²) in [5, 5.41) is 2.71. The maximum absolute atomic E-state index is 12.0. The van der Waals surface area contributed by atoms with Crippen LogP contribution in [0.1, 0.15) is 32.8 Å². The Bertz CT molecular complexity index is 681. The number of amides is 1. The van der Waals surface area contributed by atoms with Gasteiger partial charge in [-0.15, -0.1) is 0 Å². The minimum Gasteiger partial charge on any atom is -0.455 e. The Morgan fingerprint density at radius 2 is 1.75 bits per heavy atom. The molecule has 1 amide bonds. The van der Waals surface area contributed by atoms with E-state index in [2.05, 4.69) is 10.0 Å². The molecule has 1 rings (SSSR count). The average Bonchev–Trinajstić information content (AvgIpc) is 2.51. The molecule has 0 bridgehead atoms. The maximum Gasteiger partial charge on any atom is 0.321 e. The van der Waals surface area contributed by atoms with Gasteiger partial charge in [-0.3, -0.25) is 9.59 Å². The van der Waals surface area contributed by atoms with E-state index < -0.39 is 40.6 Å². The highest BCUT2D eigenvalue weighted by Crippen LogP contribution is 2.09. The maximum atomic E-state index is 12.0. The molecule has 1 aromatic carbocycles. The van der Waals surface area contributed by atoms with Crippen LogP contribution in [0.4, 0.5) is 0 Å². The predicted molar refractivity (Wildman–Crippen MR) is 89.8 cm³/mol. The predicted octanol–water partition coefficient (Wildman–Crippen LogP) is 1.12. The fraction of sp³-hybridized carbons (Fsp3) is 0.500. The van der Waals surface area contributed by atoms with Crippen molar-refractivity contribution in [1.82, 2.24) is 10.0 Å². The summed E-state index contributed by atoms with van der Waals surface area (Å²) < 4.78 is 30.9. The zero-order valence-electron chi connectivity index (χ0n) is 14.4. The number of hydrogen-bond acceptors (Lipinski definition) is 5. The molecule has 1 aromatic rings. The Hall–Kier alpha value is -1.93. The zero-order chi connectivity index (χ0) is 18.4. The summed E-state index contributed by atoms with van der Waals surface area (Å²) in [4.78, 5) is 23.3. The summed E-state index contributed by atoms with van der Waals surface area (Å²) in [6, 6.07) is 6.21. The molecule has 0 heterocycles. The number of benzene rings is 1. The van der Waals surface area contributed by atoms with Gasteiger partial charge in [0.2, 0.25) is 10.0 Å². The van der Waals surface area contributed by atoms with Gasteiger partial charge in [0.25, 0.3) is 5.91 Å². The van der Waals surface area contributed by atoms with Crippen LogP contribution in [-0.4, -0.2) is 39.0 Å². The molecule has 0 radical (unpaired) electrons. The highest BCUT2D eigenvalue weighted by Gasteiger charge is 2.20. The van der Waals surface area contributed by atoms with Gasteiger partial charge in [-0.25, -0.2) is 8.42 Å². The molecule has 24 heavy (non-hydrogen) atoms. The first-order valence-electron chi connectivity index (χ1n) is 7.59. The molecule has 2 N–H and O–H groups in total. The largest absolute Gasteiger partial charge is 0.455 e. The van der Waals surface area contributed by atoms with Crippen molar-refractivity contribution >= 4 is 21.9 Å². The van der Waals surface area contributed by atoms with Crippen LogP contribution in [0.2, 0.25) is 0 Å². The average molecular weight is 356 g/mol. The Kier molecular flexibility index (Phi) is 6.92. The minimum atomic E-state index is -3.79. The Labute approximate surface area is 142 Å². The van der Waals surface area contributed by atoms with Gasteiger partial charge in [0.05, 0.1) is 4.90 Å². The van der Waals surface area contributed by atoms with E-state index in [1.54, 1.807) is 12.1 Å². The number of aryl methyl sites for hydroxylation is 1. The standard InChI is InChI=1S/C16H24N2O5S/c1-5-16(3,4)18-14(19)11-23-15(20)10-17-24(21,22)13-8-6-12(2)7-9-13/h6-9,17H,5,10-11H2,1-4H3,(H,18,19). The molecular weight excluding hydrogens is 332 g/mol. The Balaban J connectivity index is 2.46. The van der Waals surface area contributed by atoms with Crippen LogP contribution in [0, 0.1) is 6.92 Å². The van der Waals surface area contributed by atoms with E-state index in [-0.39, 0.29) is 4.90 Å². The Morgan fingerprint density at radius 1 is 1.17 bits per heavy atom. The minimum absolute atomic E-state index is 0.0586. The van der Waals surface area contributed by atoms with E-state index in [9.17, 15) is 18.0 Å². The molecular formula is C16H24N2O5S. The third-order valence-electron chi connectivity index (χ3n) is 3.46. The molecule has 0 saturated heterocycles. The summed E-state index contributed by atoms with van der Waals surface area (Å²) in [7, 11) is -3.79. The summed E-state index contributed by atoms with van der Waals surface area (Å²) in [6.07, 6.45) is 0.725. The van der Waals surface area contributed by atoms with Crippen LogP contribution in [0.3, 0.4) is 0 Å². The van der Waals surface area contributed by atoms with Crippen LogP contribution in [0.25, 0.3) is 0 Å². The number of esters is 1. The van der Waals surface area contributed by atoms with Crippen molar-refractivity contribution in [2.75, 3.05) is 13.2 Å². The molecule has 8 heteroatoms. The molecule has 0 saturated carbocycles. The third-order valence-corrected chi connectivity index (χ3v) is 4.88. The fourth-order valence-electron chi connectivity index (χ4n) is 1.65. The van der Waals surface area contributed by atoms with Crippen LogP contribution < -0.4 is 10.0 Å². The molecule has 0 unspecified atom stereocenters. The van der Waals surface area contributed by atoms with E-state index in [4.69, 9.17) is 4.74 Å². The molecule has 0 aliphatic carbocycles. The second-order valence-corrected chi connectivity index (χ2v) is 7.85. The second kappa shape index (κ2) is 8.25. The van der Waals surface area contributed by atoms with Gasteiger partial charge in [0.1, 0.15) is 6.54 Å². The van der Waals surface area contributed by atoms with Gasteiger partial charge in [0, 0.05) is 5.54 Å². The number of carbonyl (C=O) groups is 2. The molecule has 0 atom stereocenters. The van der Waals surface area contributed by atoms with Crippen LogP contribution in [0.5, 0.6) is 0 Å². The molecule has 0 aliphatic rings. The summed E-state index contributed by atoms with van der Waals surface area (Å²) in [6.45, 7) is 6.47.